The molecule has 6 heteroatoms. The molecule has 1 aliphatic heterocycles. The number of likely N-dealkylation sites (tertiary alicyclic amines) is 1. The number of hydrogen-bond donors (Lipinski definition) is 0. The molecule has 1 atom stereocenters. The minimum Gasteiger partial charge on any atom is -0.465 e. The second kappa shape index (κ2) is 6.59. The number of rotatable bonds is 4. The van der Waals surface area contributed by atoms with Crippen molar-refractivity contribution in [1.29, 1.82) is 0 Å². The van der Waals surface area contributed by atoms with E-state index in [1.54, 1.807) is 4.68 Å². The van der Waals surface area contributed by atoms with Gasteiger partial charge in [-0.15, -0.1) is 0 Å². The maximum atomic E-state index is 12.1. The van der Waals surface area contributed by atoms with Gasteiger partial charge in [0.15, 0.2) is 0 Å². The predicted molar refractivity (Wildman–Crippen MR) is 77.6 cm³/mol. The number of aromatic nitrogens is 2. The lowest BCUT2D eigenvalue weighted by Crippen LogP contribution is -2.45. The smallest absolute Gasteiger partial charge is 0.323 e. The fourth-order valence-corrected chi connectivity index (χ4v) is 2.98. The summed E-state index contributed by atoms with van der Waals surface area (Å²) in [6, 6.07) is -0.153. The van der Waals surface area contributed by atoms with E-state index >= 15 is 0 Å². The molecular formula is C14H22ClN3O2. The SMILES string of the molecule is CCOC(=O)C1CCCCN1Cc1c(C)nn(C)c1Cl. The second-order valence-corrected chi connectivity index (χ2v) is 5.57. The van der Waals surface area contributed by atoms with E-state index in [9.17, 15) is 4.79 Å². The van der Waals surface area contributed by atoms with E-state index < -0.39 is 0 Å². The van der Waals surface area contributed by atoms with Crippen LogP contribution in [-0.2, 0) is 23.1 Å². The van der Waals surface area contributed by atoms with Crippen molar-refractivity contribution in [3.63, 3.8) is 0 Å². The zero-order valence-corrected chi connectivity index (χ0v) is 13.1. The largest absolute Gasteiger partial charge is 0.465 e. The molecule has 20 heavy (non-hydrogen) atoms. The van der Waals surface area contributed by atoms with Crippen molar-refractivity contribution in [3.8, 4) is 0 Å². The number of carbonyl (C=O) groups excluding carboxylic acids is 1. The van der Waals surface area contributed by atoms with Gasteiger partial charge in [-0.3, -0.25) is 14.4 Å². The van der Waals surface area contributed by atoms with Gasteiger partial charge in [-0.2, -0.15) is 5.10 Å². The summed E-state index contributed by atoms with van der Waals surface area (Å²) in [6.45, 7) is 5.77. The van der Waals surface area contributed by atoms with Gasteiger partial charge in [0.1, 0.15) is 11.2 Å². The highest BCUT2D eigenvalue weighted by atomic mass is 35.5. The normalized spacial score (nSPS) is 20.1. The lowest BCUT2D eigenvalue weighted by atomic mass is 10.0. The second-order valence-electron chi connectivity index (χ2n) is 5.21. The highest BCUT2D eigenvalue weighted by Gasteiger charge is 2.31. The minimum atomic E-state index is -0.153. The molecule has 0 aromatic carbocycles. The topological polar surface area (TPSA) is 47.4 Å². The van der Waals surface area contributed by atoms with Gasteiger partial charge >= 0.3 is 5.97 Å². The van der Waals surface area contributed by atoms with Gasteiger partial charge in [0.05, 0.1) is 12.3 Å². The number of aryl methyl sites for hydroxylation is 2. The molecule has 0 spiro atoms. The number of piperidine rings is 1. The minimum absolute atomic E-state index is 0.120. The Balaban J connectivity index is 2.14. The average Bonchev–Trinajstić information content (AvgIpc) is 2.66. The van der Waals surface area contributed by atoms with Crippen LogP contribution >= 0.6 is 11.6 Å². The third kappa shape index (κ3) is 3.15. The molecule has 1 unspecified atom stereocenters. The molecule has 0 N–H and O–H groups in total. The van der Waals surface area contributed by atoms with Crippen LogP contribution in [0.15, 0.2) is 0 Å². The summed E-state index contributed by atoms with van der Waals surface area (Å²) in [5, 5.41) is 4.97. The lowest BCUT2D eigenvalue weighted by molar-refractivity contribution is -0.151. The van der Waals surface area contributed by atoms with E-state index in [0.29, 0.717) is 18.3 Å². The maximum absolute atomic E-state index is 12.1. The number of hydrogen-bond acceptors (Lipinski definition) is 4. The monoisotopic (exact) mass is 299 g/mol. The van der Waals surface area contributed by atoms with Gasteiger partial charge in [-0.05, 0) is 33.2 Å². The van der Waals surface area contributed by atoms with Crippen LogP contribution in [0.4, 0.5) is 0 Å². The van der Waals surface area contributed by atoms with Crippen LogP contribution in [0.1, 0.15) is 37.4 Å². The van der Waals surface area contributed by atoms with Crippen molar-refractivity contribution in [2.24, 2.45) is 7.05 Å². The lowest BCUT2D eigenvalue weighted by Gasteiger charge is -2.33. The fourth-order valence-electron chi connectivity index (χ4n) is 2.74. The first-order chi connectivity index (χ1) is 9.54. The van der Waals surface area contributed by atoms with E-state index in [2.05, 4.69) is 10.00 Å². The summed E-state index contributed by atoms with van der Waals surface area (Å²) < 4.78 is 6.86. The van der Waals surface area contributed by atoms with Crippen molar-refractivity contribution in [2.75, 3.05) is 13.2 Å². The van der Waals surface area contributed by atoms with Gasteiger partial charge in [0.2, 0.25) is 0 Å². The summed E-state index contributed by atoms with van der Waals surface area (Å²) in [6.07, 6.45) is 3.03. The van der Waals surface area contributed by atoms with Crippen molar-refractivity contribution < 1.29 is 9.53 Å². The first-order valence-electron chi connectivity index (χ1n) is 7.13. The van der Waals surface area contributed by atoms with Crippen LogP contribution in [0.3, 0.4) is 0 Å². The van der Waals surface area contributed by atoms with Gasteiger partial charge in [-0.1, -0.05) is 18.0 Å². The highest BCUT2D eigenvalue weighted by Crippen LogP contribution is 2.25. The highest BCUT2D eigenvalue weighted by molar-refractivity contribution is 6.30. The summed E-state index contributed by atoms with van der Waals surface area (Å²) in [4.78, 5) is 14.2. The molecule has 0 radical (unpaired) electrons. The summed E-state index contributed by atoms with van der Waals surface area (Å²) >= 11 is 6.28. The van der Waals surface area contributed by atoms with E-state index in [1.807, 2.05) is 20.9 Å². The van der Waals surface area contributed by atoms with Crippen LogP contribution in [0.2, 0.25) is 5.15 Å². The first-order valence-corrected chi connectivity index (χ1v) is 7.51. The number of esters is 1. The number of carbonyl (C=O) groups is 1. The Morgan fingerprint density at radius 1 is 1.50 bits per heavy atom. The van der Waals surface area contributed by atoms with E-state index in [-0.39, 0.29) is 12.0 Å². The van der Waals surface area contributed by atoms with Crippen LogP contribution in [0.25, 0.3) is 0 Å². The molecule has 0 bridgehead atoms. The van der Waals surface area contributed by atoms with Gasteiger partial charge in [-0.25, -0.2) is 0 Å². The standard InChI is InChI=1S/C14H22ClN3O2/c1-4-20-14(19)12-7-5-6-8-18(12)9-11-10(2)16-17(3)13(11)15/h12H,4-9H2,1-3H3. The molecule has 5 nitrogen and oxygen atoms in total. The Labute approximate surface area is 124 Å². The van der Waals surface area contributed by atoms with Crippen molar-refractivity contribution in [2.45, 2.75) is 45.7 Å². The zero-order chi connectivity index (χ0) is 14.7. The maximum Gasteiger partial charge on any atom is 0.323 e. The number of nitrogens with zero attached hydrogens (tertiary/aromatic N) is 3. The Morgan fingerprint density at radius 2 is 2.25 bits per heavy atom. The molecule has 1 aromatic rings. The van der Waals surface area contributed by atoms with Gasteiger partial charge < -0.3 is 4.74 Å². The molecular weight excluding hydrogens is 278 g/mol. The molecule has 0 aliphatic carbocycles. The average molecular weight is 300 g/mol. The zero-order valence-electron chi connectivity index (χ0n) is 12.4. The Kier molecular flexibility index (Phi) is 5.05. The molecule has 2 heterocycles. The quantitative estimate of drug-likeness (QED) is 0.801. The molecule has 1 saturated heterocycles. The molecule has 1 fully saturated rings. The van der Waals surface area contributed by atoms with Crippen molar-refractivity contribution in [1.82, 2.24) is 14.7 Å². The van der Waals surface area contributed by atoms with Gasteiger partial charge in [0.25, 0.3) is 0 Å². The van der Waals surface area contributed by atoms with Crippen LogP contribution < -0.4 is 0 Å². The molecule has 1 aliphatic rings. The summed E-state index contributed by atoms with van der Waals surface area (Å²) in [5.41, 5.74) is 1.93. The predicted octanol–water partition coefficient (Wildman–Crippen LogP) is 2.30. The third-order valence-electron chi connectivity index (χ3n) is 3.80. The third-order valence-corrected chi connectivity index (χ3v) is 4.28. The van der Waals surface area contributed by atoms with Crippen LogP contribution in [-0.4, -0.2) is 39.8 Å². The molecule has 2 rings (SSSR count). The Hall–Kier alpha value is -1.07. The van der Waals surface area contributed by atoms with E-state index in [4.69, 9.17) is 16.3 Å². The van der Waals surface area contributed by atoms with E-state index in [1.165, 1.54) is 0 Å². The summed E-state index contributed by atoms with van der Waals surface area (Å²) in [5.74, 6) is -0.120. The summed E-state index contributed by atoms with van der Waals surface area (Å²) in [7, 11) is 1.83. The van der Waals surface area contributed by atoms with Crippen molar-refractivity contribution >= 4 is 17.6 Å². The molecule has 0 amide bonds. The molecule has 1 aromatic heterocycles. The van der Waals surface area contributed by atoms with Crippen molar-refractivity contribution in [3.05, 3.63) is 16.4 Å². The molecule has 0 saturated carbocycles. The van der Waals surface area contributed by atoms with E-state index in [0.717, 1.165) is 37.1 Å². The first kappa shape index (κ1) is 15.3. The molecule has 112 valence electrons. The fraction of sp³-hybridized carbons (Fsp3) is 0.714. The Bertz CT molecular complexity index is 487. The number of ether oxygens (including phenoxy) is 1. The van der Waals surface area contributed by atoms with Gasteiger partial charge in [0, 0.05) is 19.2 Å². The number of halogens is 1. The van der Waals surface area contributed by atoms with Crippen LogP contribution in [0, 0.1) is 6.92 Å². The van der Waals surface area contributed by atoms with Crippen LogP contribution in [0.5, 0.6) is 0 Å². The Morgan fingerprint density at radius 3 is 2.85 bits per heavy atom.